The number of hydrogen-bond donors (Lipinski definition) is 1. The number of aromatic nitrogens is 1. The largest absolute Gasteiger partial charge is 0.326 e. The molecule has 6 heteroatoms. The highest BCUT2D eigenvalue weighted by Gasteiger charge is 2.22. The average molecular weight is 430 g/mol. The lowest BCUT2D eigenvalue weighted by atomic mass is 10.1. The second kappa shape index (κ2) is 9.10. The van der Waals surface area contributed by atoms with Gasteiger partial charge in [-0.1, -0.05) is 54.7 Å². The molecule has 1 heterocycles. The van der Waals surface area contributed by atoms with Gasteiger partial charge in [-0.2, -0.15) is 0 Å². The predicted octanol–water partition coefficient (Wildman–Crippen LogP) is 5.72. The van der Waals surface area contributed by atoms with E-state index in [1.807, 2.05) is 72.8 Å². The second-order valence-electron chi connectivity index (χ2n) is 7.27. The molecule has 0 saturated heterocycles. The SMILES string of the molecule is CCc1ccc(N(C(=O)Cc2ccc(NC(C)=O)cc2)c2nc3ccccc3s2)cc1. The number of aryl methyl sites for hydroxylation is 1. The smallest absolute Gasteiger partial charge is 0.237 e. The summed E-state index contributed by atoms with van der Waals surface area (Å²) in [6, 6.07) is 23.3. The molecule has 0 spiro atoms. The number of fused-ring (bicyclic) bond motifs is 1. The molecule has 0 fully saturated rings. The van der Waals surface area contributed by atoms with Crippen molar-refractivity contribution in [3.8, 4) is 0 Å². The van der Waals surface area contributed by atoms with Crippen molar-refractivity contribution in [2.75, 3.05) is 10.2 Å². The van der Waals surface area contributed by atoms with E-state index >= 15 is 0 Å². The Bertz CT molecular complexity index is 1180. The lowest BCUT2D eigenvalue weighted by molar-refractivity contribution is -0.117. The van der Waals surface area contributed by atoms with Crippen LogP contribution in [0.15, 0.2) is 72.8 Å². The third-order valence-electron chi connectivity index (χ3n) is 4.96. The van der Waals surface area contributed by atoms with Gasteiger partial charge in [-0.15, -0.1) is 0 Å². The number of thiazole rings is 1. The minimum absolute atomic E-state index is 0.0596. The van der Waals surface area contributed by atoms with Gasteiger partial charge in [0.2, 0.25) is 11.8 Å². The van der Waals surface area contributed by atoms with Gasteiger partial charge in [0, 0.05) is 12.6 Å². The highest BCUT2D eigenvalue weighted by molar-refractivity contribution is 7.22. The fourth-order valence-electron chi connectivity index (χ4n) is 3.36. The van der Waals surface area contributed by atoms with E-state index in [2.05, 4.69) is 12.2 Å². The number of anilines is 3. The maximum Gasteiger partial charge on any atom is 0.237 e. The Morgan fingerprint density at radius 1 is 0.935 bits per heavy atom. The number of para-hydroxylation sites is 1. The molecule has 0 aliphatic heterocycles. The van der Waals surface area contributed by atoms with Gasteiger partial charge in [-0.3, -0.25) is 14.5 Å². The fourth-order valence-corrected chi connectivity index (χ4v) is 4.36. The Labute approximate surface area is 185 Å². The van der Waals surface area contributed by atoms with Gasteiger partial charge in [0.05, 0.1) is 22.3 Å². The minimum atomic E-state index is -0.124. The molecular weight excluding hydrogens is 406 g/mol. The molecule has 5 nitrogen and oxygen atoms in total. The molecule has 156 valence electrons. The standard InChI is InChI=1S/C25H23N3O2S/c1-3-18-10-14-21(15-11-18)28(25-27-22-6-4-5-7-23(22)31-25)24(30)16-19-8-12-20(13-9-19)26-17(2)29/h4-15H,3,16H2,1-2H3,(H,26,29). The van der Waals surface area contributed by atoms with E-state index in [1.54, 1.807) is 4.90 Å². The number of nitrogens with zero attached hydrogens (tertiary/aromatic N) is 2. The third kappa shape index (κ3) is 4.81. The van der Waals surface area contributed by atoms with Gasteiger partial charge in [0.25, 0.3) is 0 Å². The van der Waals surface area contributed by atoms with Crippen LogP contribution in [0.4, 0.5) is 16.5 Å². The molecule has 0 bridgehead atoms. The van der Waals surface area contributed by atoms with Crippen LogP contribution in [0.1, 0.15) is 25.0 Å². The normalized spacial score (nSPS) is 10.8. The first-order valence-corrected chi connectivity index (χ1v) is 11.0. The molecule has 3 aromatic carbocycles. The predicted molar refractivity (Wildman–Crippen MR) is 127 cm³/mol. The molecule has 0 aliphatic carbocycles. The average Bonchev–Trinajstić information content (AvgIpc) is 3.19. The molecule has 31 heavy (non-hydrogen) atoms. The molecule has 4 rings (SSSR count). The zero-order valence-corrected chi connectivity index (χ0v) is 18.3. The van der Waals surface area contributed by atoms with E-state index in [9.17, 15) is 9.59 Å². The summed E-state index contributed by atoms with van der Waals surface area (Å²) in [5.74, 6) is -0.183. The third-order valence-corrected chi connectivity index (χ3v) is 5.98. The summed E-state index contributed by atoms with van der Waals surface area (Å²) in [6.45, 7) is 3.58. The summed E-state index contributed by atoms with van der Waals surface area (Å²) >= 11 is 1.50. The maximum absolute atomic E-state index is 13.4. The zero-order valence-electron chi connectivity index (χ0n) is 17.5. The number of carbonyl (C=O) groups excluding carboxylic acids is 2. The fraction of sp³-hybridized carbons (Fsp3) is 0.160. The van der Waals surface area contributed by atoms with Gasteiger partial charge in [0.1, 0.15) is 0 Å². The van der Waals surface area contributed by atoms with Gasteiger partial charge in [-0.05, 0) is 53.9 Å². The van der Waals surface area contributed by atoms with Crippen LogP contribution in [-0.4, -0.2) is 16.8 Å². The number of benzene rings is 3. The molecule has 0 radical (unpaired) electrons. The number of hydrogen-bond acceptors (Lipinski definition) is 4. The molecule has 1 aromatic heterocycles. The monoisotopic (exact) mass is 429 g/mol. The van der Waals surface area contributed by atoms with Crippen LogP contribution >= 0.6 is 11.3 Å². The zero-order chi connectivity index (χ0) is 21.8. The van der Waals surface area contributed by atoms with E-state index in [4.69, 9.17) is 4.98 Å². The molecule has 0 aliphatic rings. The summed E-state index contributed by atoms with van der Waals surface area (Å²) in [7, 11) is 0. The van der Waals surface area contributed by atoms with Crippen molar-refractivity contribution in [3.05, 3.63) is 83.9 Å². The summed E-state index contributed by atoms with van der Waals surface area (Å²) in [6.07, 6.45) is 1.17. The van der Waals surface area contributed by atoms with E-state index in [1.165, 1.54) is 23.8 Å². The van der Waals surface area contributed by atoms with Gasteiger partial charge in [0.15, 0.2) is 5.13 Å². The highest BCUT2D eigenvalue weighted by atomic mass is 32.1. The van der Waals surface area contributed by atoms with Gasteiger partial charge in [-0.25, -0.2) is 4.98 Å². The van der Waals surface area contributed by atoms with Crippen molar-refractivity contribution in [2.24, 2.45) is 0 Å². The van der Waals surface area contributed by atoms with Crippen molar-refractivity contribution in [2.45, 2.75) is 26.7 Å². The van der Waals surface area contributed by atoms with Gasteiger partial charge >= 0.3 is 0 Å². The highest BCUT2D eigenvalue weighted by Crippen LogP contribution is 2.34. The van der Waals surface area contributed by atoms with Gasteiger partial charge < -0.3 is 5.32 Å². The lowest BCUT2D eigenvalue weighted by Gasteiger charge is -2.20. The molecular formula is C25H23N3O2S. The minimum Gasteiger partial charge on any atom is -0.326 e. The van der Waals surface area contributed by atoms with Crippen LogP contribution < -0.4 is 10.2 Å². The summed E-state index contributed by atoms with van der Waals surface area (Å²) in [5.41, 5.74) is 4.48. The Balaban J connectivity index is 1.65. The molecule has 2 amide bonds. The summed E-state index contributed by atoms with van der Waals surface area (Å²) in [4.78, 5) is 31.1. The Hall–Kier alpha value is -3.51. The molecule has 4 aromatic rings. The number of rotatable bonds is 6. The van der Waals surface area contributed by atoms with Crippen molar-refractivity contribution >= 4 is 49.9 Å². The number of carbonyl (C=O) groups is 2. The van der Waals surface area contributed by atoms with Crippen LogP contribution in [0.2, 0.25) is 0 Å². The number of nitrogens with one attached hydrogen (secondary N) is 1. The van der Waals surface area contributed by atoms with E-state index in [0.29, 0.717) is 10.8 Å². The number of amides is 2. The first kappa shape index (κ1) is 20.8. The first-order valence-electron chi connectivity index (χ1n) is 10.2. The molecule has 1 N–H and O–H groups in total. The Morgan fingerprint density at radius 2 is 1.61 bits per heavy atom. The van der Waals surface area contributed by atoms with Crippen molar-refractivity contribution in [1.29, 1.82) is 0 Å². The Morgan fingerprint density at radius 3 is 2.26 bits per heavy atom. The summed E-state index contributed by atoms with van der Waals surface area (Å²) in [5, 5.41) is 3.40. The molecule has 0 saturated carbocycles. The van der Waals surface area contributed by atoms with Crippen molar-refractivity contribution < 1.29 is 9.59 Å². The van der Waals surface area contributed by atoms with Crippen LogP contribution in [0, 0.1) is 0 Å². The van der Waals surface area contributed by atoms with E-state index in [-0.39, 0.29) is 18.2 Å². The van der Waals surface area contributed by atoms with Crippen molar-refractivity contribution in [3.63, 3.8) is 0 Å². The van der Waals surface area contributed by atoms with Crippen LogP contribution in [-0.2, 0) is 22.4 Å². The quantitative estimate of drug-likeness (QED) is 0.426. The second-order valence-corrected chi connectivity index (χ2v) is 8.28. The van der Waals surface area contributed by atoms with E-state index < -0.39 is 0 Å². The van der Waals surface area contributed by atoms with Crippen LogP contribution in [0.3, 0.4) is 0 Å². The Kier molecular flexibility index (Phi) is 6.09. The van der Waals surface area contributed by atoms with E-state index in [0.717, 1.165) is 27.9 Å². The molecule has 0 unspecified atom stereocenters. The topological polar surface area (TPSA) is 62.3 Å². The molecule has 0 atom stereocenters. The van der Waals surface area contributed by atoms with Crippen LogP contribution in [0.25, 0.3) is 10.2 Å². The lowest BCUT2D eigenvalue weighted by Crippen LogP contribution is -2.27. The maximum atomic E-state index is 13.4. The van der Waals surface area contributed by atoms with Crippen LogP contribution in [0.5, 0.6) is 0 Å². The first-order chi connectivity index (χ1) is 15.0. The summed E-state index contributed by atoms with van der Waals surface area (Å²) < 4.78 is 1.04. The van der Waals surface area contributed by atoms with Crippen molar-refractivity contribution in [1.82, 2.24) is 4.98 Å².